The van der Waals surface area contributed by atoms with E-state index in [4.69, 9.17) is 4.98 Å². The topological polar surface area (TPSA) is 99.6 Å². The number of aliphatic imine (C=N–C) groups is 1. The number of amides is 2. The Hall–Kier alpha value is -4.27. The number of hydrogen-bond donors (Lipinski definition) is 2. The molecule has 2 aliphatic heterocycles. The number of aromatic nitrogens is 2. The van der Waals surface area contributed by atoms with Gasteiger partial charge in [-0.05, 0) is 0 Å². The van der Waals surface area contributed by atoms with Gasteiger partial charge in [-0.2, -0.15) is 0 Å². The maximum absolute atomic E-state index is 15.0. The van der Waals surface area contributed by atoms with Crippen LogP contribution in [0.5, 0.6) is 0 Å². The molecule has 3 heterocycles. The molecule has 0 saturated carbocycles. The maximum atomic E-state index is 15.0. The van der Waals surface area contributed by atoms with Gasteiger partial charge < -0.3 is 0 Å². The van der Waals surface area contributed by atoms with Crippen LogP contribution in [-0.4, -0.2) is 80.4 Å². The standard InChI is InChI=1S/C33H31AsF2N6O2/c1-18-16-42(17-19(2)40-18)32(44)20-7-10-23(11-8-20)34-33-39-15-22-14-38-30(28-26(35)5-4-6-27(28)36)25-13-21(31(43)37-3)9-12-24(25)29(22)41-33/h4-13,15,18-19,34,40H,14,16-17H2,1-3H3,(H,37,43). The van der Waals surface area contributed by atoms with Crippen molar-refractivity contribution in [3.8, 4) is 11.3 Å². The quantitative estimate of drug-likeness (QED) is 0.322. The summed E-state index contributed by atoms with van der Waals surface area (Å²) >= 11 is -0.982. The van der Waals surface area contributed by atoms with Crippen molar-refractivity contribution in [3.05, 3.63) is 106 Å². The van der Waals surface area contributed by atoms with Gasteiger partial charge in [0.2, 0.25) is 0 Å². The number of benzene rings is 3. The van der Waals surface area contributed by atoms with Gasteiger partial charge in [0, 0.05) is 0 Å². The minimum absolute atomic E-state index is 0.0212. The summed E-state index contributed by atoms with van der Waals surface area (Å²) in [5.41, 5.74) is 3.20. The van der Waals surface area contributed by atoms with Crippen molar-refractivity contribution in [1.29, 1.82) is 0 Å². The van der Waals surface area contributed by atoms with E-state index in [0.717, 1.165) is 4.35 Å². The van der Waals surface area contributed by atoms with E-state index in [0.29, 0.717) is 51.2 Å². The molecule has 224 valence electrons. The Morgan fingerprint density at radius 2 is 1.64 bits per heavy atom. The predicted molar refractivity (Wildman–Crippen MR) is 167 cm³/mol. The molecular weight excluding hydrogens is 625 g/mol. The molecule has 0 bridgehead atoms. The van der Waals surface area contributed by atoms with E-state index in [-0.39, 0.29) is 41.7 Å². The third kappa shape index (κ3) is 5.92. The summed E-state index contributed by atoms with van der Waals surface area (Å²) in [5, 5.41) is 6.04. The van der Waals surface area contributed by atoms with Gasteiger partial charge in [0.15, 0.2) is 0 Å². The summed E-state index contributed by atoms with van der Waals surface area (Å²) in [5.74, 6) is -1.80. The minimum atomic E-state index is -0.982. The van der Waals surface area contributed by atoms with Crippen molar-refractivity contribution < 1.29 is 18.4 Å². The van der Waals surface area contributed by atoms with Crippen molar-refractivity contribution in [2.75, 3.05) is 20.1 Å². The number of piperazine rings is 1. The Morgan fingerprint density at radius 3 is 2.32 bits per heavy atom. The molecule has 0 spiro atoms. The van der Waals surface area contributed by atoms with Crippen LogP contribution < -0.4 is 19.6 Å². The molecule has 2 aliphatic rings. The fourth-order valence-electron chi connectivity index (χ4n) is 5.74. The van der Waals surface area contributed by atoms with Crippen LogP contribution in [0.2, 0.25) is 0 Å². The molecule has 44 heavy (non-hydrogen) atoms. The van der Waals surface area contributed by atoms with Crippen LogP contribution in [0.25, 0.3) is 11.3 Å². The Labute approximate surface area is 260 Å². The zero-order valence-corrected chi connectivity index (χ0v) is 26.6. The first-order chi connectivity index (χ1) is 21.2. The molecule has 4 aromatic rings. The van der Waals surface area contributed by atoms with Gasteiger partial charge in [-0.25, -0.2) is 0 Å². The summed E-state index contributed by atoms with van der Waals surface area (Å²) in [6, 6.07) is 16.8. The van der Waals surface area contributed by atoms with Crippen LogP contribution in [0.1, 0.15) is 51.3 Å². The molecule has 2 N–H and O–H groups in total. The molecule has 0 radical (unpaired) electrons. The average molecular weight is 657 g/mol. The Kier molecular flexibility index (Phi) is 8.38. The molecular formula is C33H31AsF2N6O2. The summed E-state index contributed by atoms with van der Waals surface area (Å²) in [4.78, 5) is 41.7. The van der Waals surface area contributed by atoms with Crippen LogP contribution in [-0.2, 0) is 6.54 Å². The SMILES string of the molecule is CNC(=O)c1ccc2c(c1)C(c1c(F)cccc1F)=NCc1cnc([AsH]c3ccc(C(=O)N4CC(C)NC(C)C4)cc3)nc1-2. The second-order valence-electron chi connectivity index (χ2n) is 11.0. The average Bonchev–Trinajstić information content (AvgIpc) is 3.16. The molecule has 1 saturated heterocycles. The van der Waals surface area contributed by atoms with E-state index in [1.54, 1.807) is 24.4 Å². The fraction of sp³-hybridized carbons (Fsp3) is 0.242. The van der Waals surface area contributed by atoms with Crippen LogP contribution >= 0.6 is 0 Å². The first kappa shape index (κ1) is 29.8. The molecule has 3 atom stereocenters. The van der Waals surface area contributed by atoms with Crippen LogP contribution in [0.15, 0.2) is 71.9 Å². The van der Waals surface area contributed by atoms with Crippen LogP contribution in [0.4, 0.5) is 8.78 Å². The zero-order valence-electron chi connectivity index (χ0n) is 24.5. The predicted octanol–water partition coefficient (Wildman–Crippen LogP) is 2.34. The summed E-state index contributed by atoms with van der Waals surface area (Å²) in [6.07, 6.45) is 1.71. The van der Waals surface area contributed by atoms with Gasteiger partial charge in [-0.15, -0.1) is 0 Å². The Morgan fingerprint density at radius 1 is 0.955 bits per heavy atom. The molecule has 8 nitrogen and oxygen atoms in total. The third-order valence-electron chi connectivity index (χ3n) is 7.72. The molecule has 1 fully saturated rings. The van der Waals surface area contributed by atoms with Crippen molar-refractivity contribution in [2.45, 2.75) is 32.5 Å². The van der Waals surface area contributed by atoms with Gasteiger partial charge in [0.25, 0.3) is 0 Å². The van der Waals surface area contributed by atoms with E-state index >= 15 is 0 Å². The summed E-state index contributed by atoms with van der Waals surface area (Å²) in [6.45, 7) is 5.61. The van der Waals surface area contributed by atoms with Gasteiger partial charge in [0.1, 0.15) is 0 Å². The molecule has 1 aromatic heterocycles. The van der Waals surface area contributed by atoms with Gasteiger partial charge >= 0.3 is 261 Å². The van der Waals surface area contributed by atoms with Crippen LogP contribution in [0, 0.1) is 11.6 Å². The Balaban J connectivity index is 1.32. The molecule has 3 unspecified atom stereocenters. The molecule has 0 aliphatic carbocycles. The summed E-state index contributed by atoms with van der Waals surface area (Å²) < 4.78 is 31.7. The van der Waals surface area contributed by atoms with Crippen molar-refractivity contribution in [2.24, 2.45) is 4.99 Å². The van der Waals surface area contributed by atoms with E-state index in [9.17, 15) is 18.4 Å². The Bertz CT molecular complexity index is 1770. The van der Waals surface area contributed by atoms with Crippen molar-refractivity contribution >= 4 is 42.2 Å². The van der Waals surface area contributed by atoms with Gasteiger partial charge in [0.05, 0.1) is 0 Å². The third-order valence-corrected chi connectivity index (χ3v) is 10.0. The second-order valence-corrected chi connectivity index (χ2v) is 13.7. The number of carbonyl (C=O) groups excluding carboxylic acids is 2. The normalized spacial score (nSPS) is 17.9. The first-order valence-corrected chi connectivity index (χ1v) is 16.5. The number of hydrogen-bond acceptors (Lipinski definition) is 6. The first-order valence-electron chi connectivity index (χ1n) is 14.4. The number of halogens is 2. The fourth-order valence-corrected chi connectivity index (χ4v) is 7.60. The van der Waals surface area contributed by atoms with Crippen molar-refractivity contribution in [1.82, 2.24) is 25.5 Å². The van der Waals surface area contributed by atoms with Crippen LogP contribution in [0.3, 0.4) is 0 Å². The van der Waals surface area contributed by atoms with E-state index in [1.807, 2.05) is 29.2 Å². The summed E-state index contributed by atoms with van der Waals surface area (Å²) in [7, 11) is 1.52. The molecule has 3 aromatic carbocycles. The number of nitrogens with one attached hydrogen (secondary N) is 2. The molecule has 6 rings (SSSR count). The number of nitrogens with zero attached hydrogens (tertiary/aromatic N) is 4. The number of fused-ring (bicyclic) bond motifs is 3. The van der Waals surface area contributed by atoms with Crippen molar-refractivity contribution in [3.63, 3.8) is 0 Å². The van der Waals surface area contributed by atoms with E-state index < -0.39 is 27.4 Å². The van der Waals surface area contributed by atoms with E-state index in [1.165, 1.54) is 25.2 Å². The zero-order chi connectivity index (χ0) is 31.0. The van der Waals surface area contributed by atoms with Gasteiger partial charge in [-0.3, -0.25) is 0 Å². The number of carbonyl (C=O) groups is 2. The van der Waals surface area contributed by atoms with Gasteiger partial charge in [-0.1, -0.05) is 0 Å². The molecule has 11 heteroatoms. The monoisotopic (exact) mass is 656 g/mol. The molecule has 2 amide bonds. The number of rotatable bonds is 5. The second kappa shape index (κ2) is 12.4. The van der Waals surface area contributed by atoms with E-state index in [2.05, 4.69) is 34.5 Å².